The number of hydrogen-bond acceptors (Lipinski definition) is 6. The molecule has 0 saturated carbocycles. The fraction of sp³-hybridized carbons (Fsp3) is 0.290. The zero-order chi connectivity index (χ0) is 30.8. The van der Waals surface area contributed by atoms with E-state index in [4.69, 9.17) is 10.5 Å². The Morgan fingerprint density at radius 3 is 2.23 bits per heavy atom. The number of nitrogens with one attached hydrogen (secondary N) is 2. The Bertz CT molecular complexity index is 1550. The molecule has 12 heteroatoms. The Balaban J connectivity index is 1.26. The smallest absolute Gasteiger partial charge is 0.435 e. The summed E-state index contributed by atoms with van der Waals surface area (Å²) in [6.45, 7) is 2.41. The SMILES string of the molecule is CC1CCN(NS(=O)(=O)Cc2ccccc2)C(=O)C1CC(=O)NCc1ccc(/C(N)=N/C(=O)OCc2ccccc2)cc1. The Labute approximate surface area is 251 Å². The summed E-state index contributed by atoms with van der Waals surface area (Å²) in [4.78, 5) is 44.1. The average molecular weight is 606 g/mol. The van der Waals surface area contributed by atoms with Crippen molar-refractivity contribution in [3.05, 3.63) is 107 Å². The van der Waals surface area contributed by atoms with Gasteiger partial charge in [-0.05, 0) is 29.0 Å². The lowest BCUT2D eigenvalue weighted by Gasteiger charge is -2.35. The van der Waals surface area contributed by atoms with Crippen LogP contribution in [0.5, 0.6) is 0 Å². The molecule has 0 aliphatic carbocycles. The van der Waals surface area contributed by atoms with E-state index in [1.807, 2.05) is 37.3 Å². The van der Waals surface area contributed by atoms with Gasteiger partial charge in [0.05, 0.1) is 11.7 Å². The minimum Gasteiger partial charge on any atom is -0.443 e. The molecule has 2 unspecified atom stereocenters. The number of aliphatic imine (C=N–C) groups is 1. The van der Waals surface area contributed by atoms with E-state index in [1.165, 1.54) is 0 Å². The summed E-state index contributed by atoms with van der Waals surface area (Å²) in [7, 11) is -3.80. The van der Waals surface area contributed by atoms with Gasteiger partial charge in [-0.3, -0.25) is 14.6 Å². The van der Waals surface area contributed by atoms with Crippen LogP contribution in [0, 0.1) is 11.8 Å². The van der Waals surface area contributed by atoms with Gasteiger partial charge in [0.25, 0.3) is 0 Å². The number of benzene rings is 3. The third-order valence-corrected chi connectivity index (χ3v) is 8.30. The van der Waals surface area contributed by atoms with Gasteiger partial charge in [0.15, 0.2) is 0 Å². The molecule has 4 N–H and O–H groups in total. The molecule has 43 heavy (non-hydrogen) atoms. The second kappa shape index (κ2) is 14.6. The summed E-state index contributed by atoms with van der Waals surface area (Å²) in [6.07, 6.45) is -0.312. The molecule has 4 rings (SSSR count). The van der Waals surface area contributed by atoms with Gasteiger partial charge in [0.2, 0.25) is 21.8 Å². The number of nitrogens with two attached hydrogens (primary N) is 1. The van der Waals surface area contributed by atoms with Gasteiger partial charge in [0.1, 0.15) is 12.4 Å². The maximum absolute atomic E-state index is 13.1. The van der Waals surface area contributed by atoms with Crippen LogP contribution in [0.4, 0.5) is 4.79 Å². The molecular formula is C31H35N5O6S. The monoisotopic (exact) mass is 605 g/mol. The van der Waals surface area contributed by atoms with E-state index in [1.54, 1.807) is 54.6 Å². The average Bonchev–Trinajstić information content (AvgIpc) is 2.99. The van der Waals surface area contributed by atoms with Crippen molar-refractivity contribution in [3.63, 3.8) is 0 Å². The fourth-order valence-corrected chi connectivity index (χ4v) is 5.85. The maximum atomic E-state index is 13.1. The van der Waals surface area contributed by atoms with Crippen LogP contribution >= 0.6 is 0 Å². The number of ether oxygens (including phenoxy) is 1. The van der Waals surface area contributed by atoms with Crippen molar-refractivity contribution in [1.82, 2.24) is 15.2 Å². The van der Waals surface area contributed by atoms with Gasteiger partial charge in [-0.1, -0.05) is 91.9 Å². The van der Waals surface area contributed by atoms with Crippen molar-refractivity contribution in [3.8, 4) is 0 Å². The molecule has 1 fully saturated rings. The molecule has 11 nitrogen and oxygen atoms in total. The largest absolute Gasteiger partial charge is 0.443 e. The minimum absolute atomic E-state index is 0.00221. The zero-order valence-corrected chi connectivity index (χ0v) is 24.6. The number of amidine groups is 1. The predicted molar refractivity (Wildman–Crippen MR) is 161 cm³/mol. The van der Waals surface area contributed by atoms with Crippen LogP contribution in [0.2, 0.25) is 0 Å². The first-order valence-corrected chi connectivity index (χ1v) is 15.5. The van der Waals surface area contributed by atoms with Gasteiger partial charge in [0, 0.05) is 25.1 Å². The number of piperidine rings is 1. The Morgan fingerprint density at radius 1 is 0.953 bits per heavy atom. The van der Waals surface area contributed by atoms with Crippen LogP contribution in [0.25, 0.3) is 0 Å². The summed E-state index contributed by atoms with van der Waals surface area (Å²) < 4.78 is 30.5. The molecule has 2 atom stereocenters. The predicted octanol–water partition coefficient (Wildman–Crippen LogP) is 3.25. The van der Waals surface area contributed by atoms with Crippen LogP contribution < -0.4 is 15.9 Å². The number of sulfonamides is 1. The Kier molecular flexibility index (Phi) is 10.6. The van der Waals surface area contributed by atoms with Gasteiger partial charge < -0.3 is 15.8 Å². The maximum Gasteiger partial charge on any atom is 0.435 e. The molecule has 3 amide bonds. The summed E-state index contributed by atoms with van der Waals surface area (Å²) in [5.41, 5.74) is 8.68. The number of rotatable bonds is 11. The number of nitrogens with zero attached hydrogens (tertiary/aromatic N) is 2. The molecule has 1 aliphatic heterocycles. The Hall–Kier alpha value is -4.55. The second-order valence-electron chi connectivity index (χ2n) is 10.4. The Morgan fingerprint density at radius 2 is 1.58 bits per heavy atom. The highest BCUT2D eigenvalue weighted by Gasteiger charge is 2.37. The first-order valence-electron chi connectivity index (χ1n) is 13.9. The summed E-state index contributed by atoms with van der Waals surface area (Å²) >= 11 is 0. The van der Waals surface area contributed by atoms with Crippen molar-refractivity contribution in [2.45, 2.75) is 38.7 Å². The third-order valence-electron chi connectivity index (χ3n) is 7.09. The highest BCUT2D eigenvalue weighted by atomic mass is 32.2. The van der Waals surface area contributed by atoms with Crippen LogP contribution in [-0.2, 0) is 43.3 Å². The van der Waals surface area contributed by atoms with Crippen LogP contribution in [0.15, 0.2) is 89.9 Å². The van der Waals surface area contributed by atoms with E-state index in [-0.39, 0.29) is 49.5 Å². The summed E-state index contributed by atoms with van der Waals surface area (Å²) in [5, 5.41) is 3.92. The molecule has 3 aromatic rings. The molecule has 1 saturated heterocycles. The van der Waals surface area contributed by atoms with E-state index in [0.717, 1.165) is 16.1 Å². The lowest BCUT2D eigenvalue weighted by Crippen LogP contribution is -2.54. The first kappa shape index (κ1) is 31.4. The van der Waals surface area contributed by atoms with Gasteiger partial charge >= 0.3 is 6.09 Å². The molecule has 1 heterocycles. The number of carbonyl (C=O) groups excluding carboxylic acids is 3. The quantitative estimate of drug-likeness (QED) is 0.223. The van der Waals surface area contributed by atoms with Crippen LogP contribution in [-0.4, -0.2) is 43.7 Å². The molecule has 1 aliphatic rings. The summed E-state index contributed by atoms with van der Waals surface area (Å²) in [6, 6.07) is 24.7. The highest BCUT2D eigenvalue weighted by Crippen LogP contribution is 2.27. The summed E-state index contributed by atoms with van der Waals surface area (Å²) in [5.74, 6) is -1.76. The van der Waals surface area contributed by atoms with Crippen molar-refractivity contribution >= 4 is 33.8 Å². The van der Waals surface area contributed by atoms with Crippen molar-refractivity contribution in [2.75, 3.05) is 6.54 Å². The van der Waals surface area contributed by atoms with Gasteiger partial charge in [-0.15, -0.1) is 4.83 Å². The van der Waals surface area contributed by atoms with Gasteiger partial charge in [-0.25, -0.2) is 13.2 Å². The van der Waals surface area contributed by atoms with Gasteiger partial charge in [-0.2, -0.15) is 4.99 Å². The molecule has 0 bridgehead atoms. The third kappa shape index (κ3) is 9.48. The minimum atomic E-state index is -3.80. The molecule has 0 radical (unpaired) electrons. The zero-order valence-electron chi connectivity index (χ0n) is 23.8. The van der Waals surface area contributed by atoms with E-state index in [9.17, 15) is 22.8 Å². The van der Waals surface area contributed by atoms with Crippen molar-refractivity contribution in [2.24, 2.45) is 22.6 Å². The number of hydrogen-bond donors (Lipinski definition) is 3. The van der Waals surface area contributed by atoms with Crippen molar-refractivity contribution < 1.29 is 27.5 Å². The number of hydrazine groups is 1. The standard InChI is InChI=1S/C31H35N5O6S/c1-22-16-17-36(35-43(40,41)21-25-10-6-3-7-11-25)30(38)27(22)18-28(37)33-19-23-12-14-26(15-13-23)29(32)34-31(39)42-20-24-8-4-2-5-9-24/h2-15,22,27,35H,16-21H2,1H3,(H,33,37)(H2,32,34,39). The lowest BCUT2D eigenvalue weighted by atomic mass is 9.84. The molecular weight excluding hydrogens is 570 g/mol. The highest BCUT2D eigenvalue weighted by molar-refractivity contribution is 7.88. The number of amides is 3. The second-order valence-corrected chi connectivity index (χ2v) is 12.1. The normalized spacial score (nSPS) is 17.4. The van der Waals surface area contributed by atoms with Crippen molar-refractivity contribution in [1.29, 1.82) is 0 Å². The first-order chi connectivity index (χ1) is 20.6. The van der Waals surface area contributed by atoms with E-state index >= 15 is 0 Å². The lowest BCUT2D eigenvalue weighted by molar-refractivity contribution is -0.145. The van der Waals surface area contributed by atoms with Crippen LogP contribution in [0.1, 0.15) is 42.0 Å². The number of carbonyl (C=O) groups is 3. The molecule has 3 aromatic carbocycles. The van der Waals surface area contributed by atoms with E-state index in [0.29, 0.717) is 17.5 Å². The van der Waals surface area contributed by atoms with Crippen LogP contribution in [0.3, 0.4) is 0 Å². The fourth-order valence-electron chi connectivity index (χ4n) is 4.64. The molecule has 0 spiro atoms. The molecule has 0 aromatic heterocycles. The van der Waals surface area contributed by atoms with E-state index in [2.05, 4.69) is 15.1 Å². The topological polar surface area (TPSA) is 160 Å². The van der Waals surface area contributed by atoms with E-state index < -0.39 is 27.9 Å². The molecule has 226 valence electrons.